The number of pyridine rings is 1. The first-order chi connectivity index (χ1) is 12.2. The third-order valence-electron chi connectivity index (χ3n) is 4.00. The summed E-state index contributed by atoms with van der Waals surface area (Å²) in [5.41, 5.74) is 1.79. The van der Waals surface area contributed by atoms with Crippen LogP contribution in [-0.2, 0) is 11.3 Å². The van der Waals surface area contributed by atoms with Crippen molar-refractivity contribution in [2.24, 2.45) is 0 Å². The molecule has 0 N–H and O–H groups in total. The van der Waals surface area contributed by atoms with E-state index in [2.05, 4.69) is 4.98 Å². The second-order valence-corrected chi connectivity index (χ2v) is 6.53. The van der Waals surface area contributed by atoms with Crippen LogP contribution in [0.5, 0.6) is 17.2 Å². The molecule has 6 nitrogen and oxygen atoms in total. The molecule has 1 aliphatic rings. The van der Waals surface area contributed by atoms with E-state index in [1.807, 2.05) is 35.2 Å². The van der Waals surface area contributed by atoms with Gasteiger partial charge in [0.1, 0.15) is 5.37 Å². The molecule has 25 heavy (non-hydrogen) atoms. The van der Waals surface area contributed by atoms with E-state index in [4.69, 9.17) is 14.2 Å². The normalized spacial score (nSPS) is 16.8. The number of hydrogen-bond acceptors (Lipinski definition) is 6. The van der Waals surface area contributed by atoms with Gasteiger partial charge in [0.05, 0.1) is 39.3 Å². The molecule has 0 bridgehead atoms. The molecule has 3 rings (SSSR count). The maximum atomic E-state index is 12.4. The number of ether oxygens (including phenoxy) is 3. The van der Waals surface area contributed by atoms with Gasteiger partial charge >= 0.3 is 0 Å². The third kappa shape index (κ3) is 3.51. The SMILES string of the molecule is COc1cc(C2SCC(=O)N2Cc2ccccn2)cc(OC)c1OC. The average molecular weight is 360 g/mol. The molecule has 1 amide bonds. The third-order valence-corrected chi connectivity index (χ3v) is 5.25. The maximum Gasteiger partial charge on any atom is 0.234 e. The lowest BCUT2D eigenvalue weighted by molar-refractivity contribution is -0.128. The van der Waals surface area contributed by atoms with Gasteiger partial charge in [-0.25, -0.2) is 0 Å². The summed E-state index contributed by atoms with van der Waals surface area (Å²) in [4.78, 5) is 18.5. The lowest BCUT2D eigenvalue weighted by Gasteiger charge is -2.25. The summed E-state index contributed by atoms with van der Waals surface area (Å²) < 4.78 is 16.2. The fourth-order valence-corrected chi connectivity index (χ4v) is 3.98. The lowest BCUT2D eigenvalue weighted by atomic mass is 10.1. The molecule has 1 atom stereocenters. The van der Waals surface area contributed by atoms with Crippen molar-refractivity contribution in [3.63, 3.8) is 0 Å². The van der Waals surface area contributed by atoms with Gasteiger partial charge < -0.3 is 19.1 Å². The molecule has 1 saturated heterocycles. The Bertz CT molecular complexity index is 729. The van der Waals surface area contributed by atoms with Gasteiger partial charge in [-0.2, -0.15) is 0 Å². The fourth-order valence-electron chi connectivity index (χ4n) is 2.81. The molecule has 132 valence electrons. The summed E-state index contributed by atoms with van der Waals surface area (Å²) in [6.07, 6.45) is 1.73. The Hall–Kier alpha value is -2.41. The van der Waals surface area contributed by atoms with E-state index in [9.17, 15) is 4.79 Å². The highest BCUT2D eigenvalue weighted by atomic mass is 32.2. The van der Waals surface area contributed by atoms with Crippen LogP contribution in [0, 0.1) is 0 Å². The van der Waals surface area contributed by atoms with E-state index in [0.29, 0.717) is 29.5 Å². The van der Waals surface area contributed by atoms with Gasteiger partial charge in [-0.1, -0.05) is 6.07 Å². The Morgan fingerprint density at radius 2 is 1.88 bits per heavy atom. The number of carbonyl (C=O) groups is 1. The van der Waals surface area contributed by atoms with Gasteiger partial charge in [-0.15, -0.1) is 11.8 Å². The Balaban J connectivity index is 1.95. The number of rotatable bonds is 6. The van der Waals surface area contributed by atoms with Crippen molar-refractivity contribution in [3.8, 4) is 17.2 Å². The van der Waals surface area contributed by atoms with Crippen LogP contribution in [0.4, 0.5) is 0 Å². The van der Waals surface area contributed by atoms with Crippen LogP contribution in [0.1, 0.15) is 16.6 Å². The minimum Gasteiger partial charge on any atom is -0.493 e. The molecular formula is C18H20N2O4S. The van der Waals surface area contributed by atoms with Crippen LogP contribution >= 0.6 is 11.8 Å². The van der Waals surface area contributed by atoms with Gasteiger partial charge in [0, 0.05) is 6.20 Å². The van der Waals surface area contributed by atoms with Gasteiger partial charge in [-0.3, -0.25) is 9.78 Å². The molecule has 1 aromatic heterocycles. The summed E-state index contributed by atoms with van der Waals surface area (Å²) in [7, 11) is 4.74. The Kier molecular flexibility index (Phi) is 5.33. The zero-order valence-electron chi connectivity index (χ0n) is 14.4. The number of methoxy groups -OCH3 is 3. The van der Waals surface area contributed by atoms with Crippen LogP contribution in [0.3, 0.4) is 0 Å². The smallest absolute Gasteiger partial charge is 0.234 e. The van der Waals surface area contributed by atoms with E-state index in [1.54, 1.807) is 39.3 Å². The summed E-state index contributed by atoms with van der Waals surface area (Å²) in [6.45, 7) is 0.466. The second-order valence-electron chi connectivity index (χ2n) is 5.46. The number of aromatic nitrogens is 1. The molecule has 0 spiro atoms. The number of amides is 1. The molecule has 7 heteroatoms. The molecule has 2 heterocycles. The van der Waals surface area contributed by atoms with E-state index in [-0.39, 0.29) is 11.3 Å². The molecule has 0 aliphatic carbocycles. The van der Waals surface area contributed by atoms with Crippen LogP contribution in [0.25, 0.3) is 0 Å². The van der Waals surface area contributed by atoms with Crippen molar-refractivity contribution >= 4 is 17.7 Å². The van der Waals surface area contributed by atoms with E-state index in [0.717, 1.165) is 11.3 Å². The topological polar surface area (TPSA) is 60.9 Å². The highest BCUT2D eigenvalue weighted by molar-refractivity contribution is 8.00. The molecule has 1 aromatic carbocycles. The van der Waals surface area contributed by atoms with Crippen LogP contribution in [-0.4, -0.2) is 42.9 Å². The molecule has 1 unspecified atom stereocenters. The van der Waals surface area contributed by atoms with Crippen molar-refractivity contribution < 1.29 is 19.0 Å². The Labute approximate surface area is 151 Å². The largest absolute Gasteiger partial charge is 0.493 e. The minimum absolute atomic E-state index is 0.0920. The molecule has 2 aromatic rings. The molecular weight excluding hydrogens is 340 g/mol. The quantitative estimate of drug-likeness (QED) is 0.789. The Morgan fingerprint density at radius 3 is 2.44 bits per heavy atom. The Morgan fingerprint density at radius 1 is 1.16 bits per heavy atom. The number of hydrogen-bond donors (Lipinski definition) is 0. The molecule has 1 aliphatic heterocycles. The first-order valence-corrected chi connectivity index (χ1v) is 8.83. The van der Waals surface area contributed by atoms with Crippen molar-refractivity contribution in [1.82, 2.24) is 9.88 Å². The summed E-state index contributed by atoms with van der Waals surface area (Å²) in [6, 6.07) is 9.49. The second kappa shape index (κ2) is 7.65. The van der Waals surface area contributed by atoms with Gasteiger partial charge in [-0.05, 0) is 29.8 Å². The van der Waals surface area contributed by atoms with Crippen molar-refractivity contribution in [3.05, 3.63) is 47.8 Å². The fraction of sp³-hybridized carbons (Fsp3) is 0.333. The maximum absolute atomic E-state index is 12.4. The van der Waals surface area contributed by atoms with Gasteiger partial charge in [0.2, 0.25) is 11.7 Å². The highest BCUT2D eigenvalue weighted by Crippen LogP contribution is 2.45. The standard InChI is InChI=1S/C18H20N2O4S/c1-22-14-8-12(9-15(23-2)17(14)24-3)18-20(16(21)11-25-18)10-13-6-4-5-7-19-13/h4-9,18H,10-11H2,1-3H3. The number of carbonyl (C=O) groups excluding carboxylic acids is 1. The van der Waals surface area contributed by atoms with E-state index in [1.165, 1.54) is 0 Å². The van der Waals surface area contributed by atoms with Crippen LogP contribution in [0.15, 0.2) is 36.5 Å². The number of benzene rings is 1. The monoisotopic (exact) mass is 360 g/mol. The van der Waals surface area contributed by atoms with Gasteiger partial charge in [0.15, 0.2) is 11.5 Å². The first kappa shape index (κ1) is 17.4. The lowest BCUT2D eigenvalue weighted by Crippen LogP contribution is -2.28. The highest BCUT2D eigenvalue weighted by Gasteiger charge is 2.34. The van der Waals surface area contributed by atoms with Crippen molar-refractivity contribution in [1.29, 1.82) is 0 Å². The number of thioether (sulfide) groups is 1. The van der Waals surface area contributed by atoms with Gasteiger partial charge in [0.25, 0.3) is 0 Å². The predicted molar refractivity (Wildman–Crippen MR) is 96.1 cm³/mol. The number of nitrogens with zero attached hydrogens (tertiary/aromatic N) is 2. The molecule has 1 fully saturated rings. The minimum atomic E-state index is -0.122. The van der Waals surface area contributed by atoms with E-state index >= 15 is 0 Å². The average Bonchev–Trinajstić information content (AvgIpc) is 3.01. The zero-order chi connectivity index (χ0) is 17.8. The van der Waals surface area contributed by atoms with Crippen molar-refractivity contribution in [2.45, 2.75) is 11.9 Å². The predicted octanol–water partition coefficient (Wildman–Crippen LogP) is 2.88. The van der Waals surface area contributed by atoms with Crippen molar-refractivity contribution in [2.75, 3.05) is 27.1 Å². The first-order valence-electron chi connectivity index (χ1n) is 7.78. The molecule has 0 radical (unpaired) electrons. The summed E-state index contributed by atoms with van der Waals surface area (Å²) in [5, 5.41) is -0.122. The zero-order valence-corrected chi connectivity index (χ0v) is 15.2. The van der Waals surface area contributed by atoms with E-state index < -0.39 is 0 Å². The van der Waals surface area contributed by atoms with Crippen LogP contribution < -0.4 is 14.2 Å². The summed E-state index contributed by atoms with van der Waals surface area (Å²) >= 11 is 1.58. The molecule has 0 saturated carbocycles. The summed E-state index contributed by atoms with van der Waals surface area (Å²) in [5.74, 6) is 2.23. The van der Waals surface area contributed by atoms with Crippen LogP contribution in [0.2, 0.25) is 0 Å².